The summed E-state index contributed by atoms with van der Waals surface area (Å²) in [6, 6.07) is 5.46. The number of benzene rings is 1. The van der Waals surface area contributed by atoms with Crippen LogP contribution in [0.25, 0.3) is 0 Å². The molecule has 0 aliphatic heterocycles. The summed E-state index contributed by atoms with van der Waals surface area (Å²) < 4.78 is 0. The molecule has 0 spiro atoms. The van der Waals surface area contributed by atoms with Crippen molar-refractivity contribution in [2.24, 2.45) is 0 Å². The quantitative estimate of drug-likeness (QED) is 0.654. The predicted molar refractivity (Wildman–Crippen MR) is 84.8 cm³/mol. The molecule has 1 aromatic carbocycles. The highest BCUT2D eigenvalue weighted by molar-refractivity contribution is 7.09. The second-order valence-electron chi connectivity index (χ2n) is 5.09. The lowest BCUT2D eigenvalue weighted by atomic mass is 10.0. The van der Waals surface area contributed by atoms with Crippen molar-refractivity contribution in [2.75, 3.05) is 6.54 Å². The fraction of sp³-hybridized carbons (Fsp3) is 0.400. The van der Waals surface area contributed by atoms with Crippen LogP contribution in [0.4, 0.5) is 5.69 Å². The maximum atomic E-state index is 11.0. The van der Waals surface area contributed by atoms with Gasteiger partial charge in [-0.05, 0) is 26.3 Å². The molecule has 0 bridgehead atoms. The maximum Gasteiger partial charge on any atom is 0.272 e. The van der Waals surface area contributed by atoms with Crippen LogP contribution in [0, 0.1) is 24.0 Å². The summed E-state index contributed by atoms with van der Waals surface area (Å²) in [6.45, 7) is 6.56. The van der Waals surface area contributed by atoms with Gasteiger partial charge >= 0.3 is 0 Å². The molecule has 6 heteroatoms. The number of nitrogens with one attached hydrogen (secondary N) is 1. The van der Waals surface area contributed by atoms with E-state index in [9.17, 15) is 10.1 Å². The summed E-state index contributed by atoms with van der Waals surface area (Å²) in [5.74, 6) is 0. The Morgan fingerprint density at radius 1 is 1.43 bits per heavy atom. The van der Waals surface area contributed by atoms with Crippen molar-refractivity contribution in [3.63, 3.8) is 0 Å². The van der Waals surface area contributed by atoms with E-state index in [4.69, 9.17) is 0 Å². The third-order valence-electron chi connectivity index (χ3n) is 3.43. The van der Waals surface area contributed by atoms with Crippen LogP contribution in [-0.2, 0) is 6.42 Å². The van der Waals surface area contributed by atoms with E-state index in [1.807, 2.05) is 19.9 Å². The molecule has 0 amide bonds. The standard InChI is InChI=1S/C15H19N3O2S/c1-10-4-5-13(8-15(10)18(19)20)11(2)16-7-6-14-9-21-12(3)17-14/h4-5,8-9,11,16H,6-7H2,1-3H3. The molecule has 112 valence electrons. The van der Waals surface area contributed by atoms with Crippen molar-refractivity contribution < 1.29 is 4.92 Å². The Labute approximate surface area is 128 Å². The molecule has 1 atom stereocenters. The first-order chi connectivity index (χ1) is 9.97. The Morgan fingerprint density at radius 3 is 2.81 bits per heavy atom. The Balaban J connectivity index is 1.95. The van der Waals surface area contributed by atoms with Gasteiger partial charge in [-0.2, -0.15) is 0 Å². The van der Waals surface area contributed by atoms with E-state index in [-0.39, 0.29) is 16.7 Å². The summed E-state index contributed by atoms with van der Waals surface area (Å²) >= 11 is 1.65. The van der Waals surface area contributed by atoms with Gasteiger partial charge in [0.05, 0.1) is 15.6 Å². The maximum absolute atomic E-state index is 11.0. The number of nitro benzene ring substituents is 1. The summed E-state index contributed by atoms with van der Waals surface area (Å²) in [6.07, 6.45) is 0.864. The largest absolute Gasteiger partial charge is 0.310 e. The normalized spacial score (nSPS) is 12.3. The lowest BCUT2D eigenvalue weighted by molar-refractivity contribution is -0.385. The molecule has 0 saturated carbocycles. The molecule has 0 saturated heterocycles. The first kappa shape index (κ1) is 15.6. The lowest BCUT2D eigenvalue weighted by Gasteiger charge is -2.14. The molecule has 1 heterocycles. The van der Waals surface area contributed by atoms with Crippen LogP contribution in [0.15, 0.2) is 23.6 Å². The number of hydrogen-bond acceptors (Lipinski definition) is 5. The highest BCUT2D eigenvalue weighted by Gasteiger charge is 2.14. The molecule has 5 nitrogen and oxygen atoms in total. The minimum atomic E-state index is -0.330. The summed E-state index contributed by atoms with van der Waals surface area (Å²) in [4.78, 5) is 15.1. The Hall–Kier alpha value is -1.79. The molecule has 0 aliphatic carbocycles. The third-order valence-corrected chi connectivity index (χ3v) is 4.25. The van der Waals surface area contributed by atoms with E-state index in [1.165, 1.54) is 0 Å². The topological polar surface area (TPSA) is 68.1 Å². The zero-order valence-electron chi connectivity index (χ0n) is 12.4. The van der Waals surface area contributed by atoms with Crippen LogP contribution >= 0.6 is 11.3 Å². The Kier molecular flexibility index (Phi) is 5.03. The number of hydrogen-bond donors (Lipinski definition) is 1. The first-order valence-corrected chi connectivity index (χ1v) is 7.74. The zero-order chi connectivity index (χ0) is 15.4. The molecule has 0 fully saturated rings. The molecular formula is C15H19N3O2S. The van der Waals surface area contributed by atoms with Gasteiger partial charge in [0, 0.05) is 36.0 Å². The van der Waals surface area contributed by atoms with Crippen LogP contribution in [0.5, 0.6) is 0 Å². The van der Waals surface area contributed by atoms with E-state index >= 15 is 0 Å². The fourth-order valence-corrected chi connectivity index (χ4v) is 2.80. The summed E-state index contributed by atoms with van der Waals surface area (Å²) in [5.41, 5.74) is 2.89. The van der Waals surface area contributed by atoms with E-state index in [1.54, 1.807) is 30.4 Å². The molecule has 2 aromatic rings. The smallest absolute Gasteiger partial charge is 0.272 e. The average molecular weight is 305 g/mol. The fourth-order valence-electron chi connectivity index (χ4n) is 2.15. The lowest BCUT2D eigenvalue weighted by Crippen LogP contribution is -2.21. The number of thiazole rings is 1. The zero-order valence-corrected chi connectivity index (χ0v) is 13.2. The molecular weight excluding hydrogens is 286 g/mol. The van der Waals surface area contributed by atoms with Crippen LogP contribution < -0.4 is 5.32 Å². The van der Waals surface area contributed by atoms with Gasteiger partial charge < -0.3 is 5.32 Å². The SMILES string of the molecule is Cc1nc(CCNC(C)c2ccc(C)c([N+](=O)[O-])c2)cs1. The molecule has 1 aromatic heterocycles. The van der Waals surface area contributed by atoms with E-state index in [2.05, 4.69) is 15.7 Å². The van der Waals surface area contributed by atoms with E-state index in [0.717, 1.165) is 29.2 Å². The highest BCUT2D eigenvalue weighted by Crippen LogP contribution is 2.23. The van der Waals surface area contributed by atoms with Gasteiger partial charge in [-0.15, -0.1) is 11.3 Å². The van der Waals surface area contributed by atoms with Gasteiger partial charge in [0.15, 0.2) is 0 Å². The molecule has 0 aliphatic rings. The van der Waals surface area contributed by atoms with Crippen LogP contribution in [0.1, 0.15) is 34.8 Å². The van der Waals surface area contributed by atoms with Crippen LogP contribution in [0.2, 0.25) is 0 Å². The number of nitrogens with zero attached hydrogens (tertiary/aromatic N) is 2. The van der Waals surface area contributed by atoms with Crippen molar-refractivity contribution >= 4 is 17.0 Å². The van der Waals surface area contributed by atoms with Crippen molar-refractivity contribution in [1.29, 1.82) is 0 Å². The van der Waals surface area contributed by atoms with Crippen LogP contribution in [0.3, 0.4) is 0 Å². The van der Waals surface area contributed by atoms with Gasteiger partial charge in [-0.25, -0.2) is 4.98 Å². The minimum Gasteiger partial charge on any atom is -0.310 e. The highest BCUT2D eigenvalue weighted by atomic mass is 32.1. The number of aryl methyl sites for hydroxylation is 2. The summed E-state index contributed by atoms with van der Waals surface area (Å²) in [5, 5.41) is 17.5. The molecule has 1 N–H and O–H groups in total. The van der Waals surface area contributed by atoms with Gasteiger partial charge in [-0.3, -0.25) is 10.1 Å². The molecule has 1 unspecified atom stereocenters. The number of nitro groups is 1. The van der Waals surface area contributed by atoms with Crippen molar-refractivity contribution in [1.82, 2.24) is 10.3 Å². The Morgan fingerprint density at radius 2 is 2.19 bits per heavy atom. The second-order valence-corrected chi connectivity index (χ2v) is 6.15. The minimum absolute atomic E-state index is 0.0732. The van der Waals surface area contributed by atoms with E-state index in [0.29, 0.717) is 5.56 Å². The second kappa shape index (κ2) is 6.78. The molecule has 0 radical (unpaired) electrons. The predicted octanol–water partition coefficient (Wildman–Crippen LogP) is 3.56. The summed E-state index contributed by atoms with van der Waals surface area (Å²) in [7, 11) is 0. The van der Waals surface area contributed by atoms with Crippen molar-refractivity contribution in [3.8, 4) is 0 Å². The average Bonchev–Trinajstić information content (AvgIpc) is 2.84. The van der Waals surface area contributed by atoms with Gasteiger partial charge in [-0.1, -0.05) is 12.1 Å². The number of aromatic nitrogens is 1. The monoisotopic (exact) mass is 305 g/mol. The first-order valence-electron chi connectivity index (χ1n) is 6.86. The van der Waals surface area contributed by atoms with Gasteiger partial charge in [0.1, 0.15) is 0 Å². The van der Waals surface area contributed by atoms with Crippen molar-refractivity contribution in [2.45, 2.75) is 33.2 Å². The van der Waals surface area contributed by atoms with Gasteiger partial charge in [0.25, 0.3) is 5.69 Å². The molecule has 2 rings (SSSR count). The van der Waals surface area contributed by atoms with Crippen LogP contribution in [-0.4, -0.2) is 16.5 Å². The molecule has 21 heavy (non-hydrogen) atoms. The third kappa shape index (κ3) is 4.09. The van der Waals surface area contributed by atoms with Crippen molar-refractivity contribution in [3.05, 3.63) is 55.5 Å². The Bertz CT molecular complexity index is 640. The number of rotatable bonds is 6. The van der Waals surface area contributed by atoms with Gasteiger partial charge in [0.2, 0.25) is 0 Å². The van der Waals surface area contributed by atoms with E-state index < -0.39 is 0 Å².